The third-order valence-electron chi connectivity index (χ3n) is 5.73. The molecular weight excluding hydrogens is 486 g/mol. The van der Waals surface area contributed by atoms with Crippen LogP contribution in [0, 0.1) is 19.8 Å². The summed E-state index contributed by atoms with van der Waals surface area (Å²) in [6.45, 7) is 9.72. The Morgan fingerprint density at radius 1 is 1.06 bits per heavy atom. The predicted molar refractivity (Wildman–Crippen MR) is 142 cm³/mol. The molecule has 0 heterocycles. The van der Waals surface area contributed by atoms with Crippen LogP contribution in [0.15, 0.2) is 42.5 Å². The van der Waals surface area contributed by atoms with Crippen molar-refractivity contribution in [3.05, 3.63) is 64.2 Å². The molecule has 0 aliphatic rings. The summed E-state index contributed by atoms with van der Waals surface area (Å²) < 4.78 is 26.5. The van der Waals surface area contributed by atoms with Gasteiger partial charge in [-0.15, -0.1) is 0 Å². The molecule has 0 saturated carbocycles. The van der Waals surface area contributed by atoms with Gasteiger partial charge in [-0.3, -0.25) is 13.9 Å². The van der Waals surface area contributed by atoms with Crippen LogP contribution >= 0.6 is 11.6 Å². The van der Waals surface area contributed by atoms with Crippen molar-refractivity contribution >= 4 is 39.1 Å². The van der Waals surface area contributed by atoms with Gasteiger partial charge in [0.2, 0.25) is 21.8 Å². The topological polar surface area (TPSA) is 86.8 Å². The average Bonchev–Trinajstić information content (AvgIpc) is 2.78. The highest BCUT2D eigenvalue weighted by molar-refractivity contribution is 7.92. The van der Waals surface area contributed by atoms with Gasteiger partial charge in [-0.2, -0.15) is 0 Å². The van der Waals surface area contributed by atoms with Crippen LogP contribution in [0.2, 0.25) is 5.02 Å². The second kappa shape index (κ2) is 12.4. The summed E-state index contributed by atoms with van der Waals surface area (Å²) in [6.07, 6.45) is 1.44. The molecule has 0 fully saturated rings. The number of rotatable bonds is 11. The molecule has 0 unspecified atom stereocenters. The number of hydrogen-bond donors (Lipinski definition) is 1. The molecule has 0 radical (unpaired) electrons. The number of carbonyl (C=O) groups excluding carboxylic acids is 2. The molecule has 0 aromatic heterocycles. The van der Waals surface area contributed by atoms with Crippen LogP contribution in [0.3, 0.4) is 0 Å². The van der Waals surface area contributed by atoms with E-state index < -0.39 is 28.5 Å². The molecule has 35 heavy (non-hydrogen) atoms. The Morgan fingerprint density at radius 2 is 1.69 bits per heavy atom. The summed E-state index contributed by atoms with van der Waals surface area (Å²) in [7, 11) is -3.81. The van der Waals surface area contributed by atoms with Crippen molar-refractivity contribution in [3.63, 3.8) is 0 Å². The molecule has 2 amide bonds. The van der Waals surface area contributed by atoms with Crippen LogP contribution in [-0.2, 0) is 26.2 Å². The minimum atomic E-state index is -3.81. The number of anilines is 1. The molecule has 7 nitrogen and oxygen atoms in total. The van der Waals surface area contributed by atoms with Crippen LogP contribution in [0.4, 0.5) is 5.69 Å². The fourth-order valence-electron chi connectivity index (χ4n) is 3.69. The number of carbonyl (C=O) groups is 2. The van der Waals surface area contributed by atoms with Crippen LogP contribution in [0.25, 0.3) is 0 Å². The van der Waals surface area contributed by atoms with Crippen LogP contribution in [0.5, 0.6) is 0 Å². The van der Waals surface area contributed by atoms with E-state index in [9.17, 15) is 18.0 Å². The van der Waals surface area contributed by atoms with Gasteiger partial charge in [0.1, 0.15) is 12.6 Å². The zero-order valence-corrected chi connectivity index (χ0v) is 22.9. The van der Waals surface area contributed by atoms with Gasteiger partial charge in [0.15, 0.2) is 0 Å². The Bertz CT molecular complexity index is 1130. The van der Waals surface area contributed by atoms with Gasteiger partial charge >= 0.3 is 0 Å². The highest BCUT2D eigenvalue weighted by Gasteiger charge is 2.32. The molecule has 0 spiro atoms. The molecule has 0 bridgehead atoms. The van der Waals surface area contributed by atoms with E-state index in [2.05, 4.69) is 5.32 Å². The van der Waals surface area contributed by atoms with Gasteiger partial charge in [-0.05, 0) is 49.4 Å². The molecule has 1 N–H and O–H groups in total. The first-order chi connectivity index (χ1) is 16.3. The first-order valence-electron chi connectivity index (χ1n) is 11.7. The Kier molecular flexibility index (Phi) is 10.2. The van der Waals surface area contributed by atoms with E-state index in [4.69, 9.17) is 11.6 Å². The summed E-state index contributed by atoms with van der Waals surface area (Å²) >= 11 is 6.23. The summed E-state index contributed by atoms with van der Waals surface area (Å²) in [5.41, 5.74) is 2.82. The van der Waals surface area contributed by atoms with Crippen molar-refractivity contribution in [3.8, 4) is 0 Å². The van der Waals surface area contributed by atoms with Gasteiger partial charge in [0.05, 0.1) is 11.9 Å². The van der Waals surface area contributed by atoms with Gasteiger partial charge in [0.25, 0.3) is 0 Å². The summed E-state index contributed by atoms with van der Waals surface area (Å²) in [5.74, 6) is -0.474. The lowest BCUT2D eigenvalue weighted by Crippen LogP contribution is -2.52. The molecule has 0 aliphatic carbocycles. The summed E-state index contributed by atoms with van der Waals surface area (Å²) in [5, 5.41) is 3.32. The molecule has 9 heteroatoms. The normalized spacial score (nSPS) is 12.3. The number of nitrogens with zero attached hydrogens (tertiary/aromatic N) is 2. The molecular formula is C26H36ClN3O4S. The molecule has 2 rings (SSSR count). The quantitative estimate of drug-likeness (QED) is 0.477. The Balaban J connectivity index is 2.45. The first kappa shape index (κ1) is 28.7. The number of hydrogen-bond acceptors (Lipinski definition) is 4. The second-order valence-electron chi connectivity index (χ2n) is 9.22. The van der Waals surface area contributed by atoms with Gasteiger partial charge in [-0.1, -0.05) is 68.3 Å². The van der Waals surface area contributed by atoms with Gasteiger partial charge in [0, 0.05) is 18.1 Å². The predicted octanol–water partition coefficient (Wildman–Crippen LogP) is 4.30. The fraction of sp³-hybridized carbons (Fsp3) is 0.462. The average molecular weight is 522 g/mol. The number of aryl methyl sites for hydroxylation is 1. The van der Waals surface area contributed by atoms with E-state index in [1.165, 1.54) is 4.90 Å². The zero-order chi connectivity index (χ0) is 26.3. The lowest BCUT2D eigenvalue weighted by atomic mass is 10.1. The van der Waals surface area contributed by atoms with Crippen LogP contribution in [0.1, 0.15) is 43.9 Å². The van der Waals surface area contributed by atoms with Gasteiger partial charge < -0.3 is 10.2 Å². The van der Waals surface area contributed by atoms with Crippen molar-refractivity contribution < 1.29 is 18.0 Å². The van der Waals surface area contributed by atoms with Crippen LogP contribution < -0.4 is 9.62 Å². The molecule has 2 aromatic rings. The minimum absolute atomic E-state index is 0.179. The van der Waals surface area contributed by atoms with E-state index >= 15 is 0 Å². The molecule has 2 aromatic carbocycles. The monoisotopic (exact) mass is 521 g/mol. The number of sulfonamides is 1. The number of amides is 2. The van der Waals surface area contributed by atoms with E-state index in [1.807, 2.05) is 52.0 Å². The summed E-state index contributed by atoms with van der Waals surface area (Å²) in [6, 6.07) is 11.9. The molecule has 0 aliphatic heterocycles. The van der Waals surface area contributed by atoms with Crippen molar-refractivity contribution in [1.29, 1.82) is 0 Å². The maximum absolute atomic E-state index is 13.7. The fourth-order valence-corrected chi connectivity index (χ4v) is 4.76. The van der Waals surface area contributed by atoms with Crippen molar-refractivity contribution in [2.75, 3.05) is 23.7 Å². The summed E-state index contributed by atoms with van der Waals surface area (Å²) in [4.78, 5) is 28.2. The maximum Gasteiger partial charge on any atom is 0.244 e. The lowest BCUT2D eigenvalue weighted by Gasteiger charge is -2.33. The first-order valence-corrected chi connectivity index (χ1v) is 13.9. The lowest BCUT2D eigenvalue weighted by molar-refractivity contribution is -0.140. The third kappa shape index (κ3) is 7.97. The van der Waals surface area contributed by atoms with E-state index in [1.54, 1.807) is 25.1 Å². The van der Waals surface area contributed by atoms with E-state index in [-0.39, 0.29) is 18.4 Å². The van der Waals surface area contributed by atoms with E-state index in [0.717, 1.165) is 21.7 Å². The van der Waals surface area contributed by atoms with Gasteiger partial charge in [-0.25, -0.2) is 8.42 Å². The number of benzene rings is 2. The smallest absolute Gasteiger partial charge is 0.244 e. The molecule has 192 valence electrons. The minimum Gasteiger partial charge on any atom is -0.354 e. The third-order valence-corrected chi connectivity index (χ3v) is 7.27. The Labute approximate surface area is 214 Å². The zero-order valence-electron chi connectivity index (χ0n) is 21.3. The molecule has 1 atom stereocenters. The maximum atomic E-state index is 13.7. The van der Waals surface area contributed by atoms with Crippen LogP contribution in [-0.4, -0.2) is 50.5 Å². The number of halogens is 1. The largest absolute Gasteiger partial charge is 0.354 e. The van der Waals surface area contributed by atoms with Crippen molar-refractivity contribution in [2.45, 2.75) is 53.6 Å². The Hall–Kier alpha value is -2.58. The van der Waals surface area contributed by atoms with Crippen molar-refractivity contribution in [1.82, 2.24) is 10.2 Å². The highest BCUT2D eigenvalue weighted by atomic mass is 35.5. The van der Waals surface area contributed by atoms with Crippen molar-refractivity contribution in [2.24, 2.45) is 5.92 Å². The highest BCUT2D eigenvalue weighted by Crippen LogP contribution is 2.28. The SMILES string of the molecule is CC[C@@H](C(=O)NCC(C)C)N(Cc1ccc(C)cc1)C(=O)CN(c1cccc(Cl)c1C)S(C)(=O)=O. The van der Waals surface area contributed by atoms with E-state index in [0.29, 0.717) is 29.2 Å². The number of nitrogens with one attached hydrogen (secondary N) is 1. The molecule has 0 saturated heterocycles. The Morgan fingerprint density at radius 3 is 2.23 bits per heavy atom. The second-order valence-corrected chi connectivity index (χ2v) is 11.5. The standard InChI is InChI=1S/C26H36ClN3O4S/c1-7-23(26(32)28-15-18(2)3)29(16-21-13-11-19(4)12-14-21)25(31)17-30(35(6,33)34)24-10-8-9-22(27)20(24)5/h8-14,18,23H,7,15-17H2,1-6H3,(H,28,32)/t23-/m0/s1.